The highest BCUT2D eigenvalue weighted by Gasteiger charge is 2.26. The van der Waals surface area contributed by atoms with Crippen LogP contribution in [0.25, 0.3) is 0 Å². The molecule has 1 aliphatic heterocycles. The molecule has 1 N–H and O–H groups in total. The lowest BCUT2D eigenvalue weighted by molar-refractivity contribution is 0.0147. The number of hydrogen-bond acceptors (Lipinski definition) is 6. The van der Waals surface area contributed by atoms with Gasteiger partial charge in [0.15, 0.2) is 0 Å². The minimum Gasteiger partial charge on any atom is -0.444 e. The second-order valence-corrected chi connectivity index (χ2v) is 11.0. The van der Waals surface area contributed by atoms with E-state index in [0.29, 0.717) is 63.5 Å². The van der Waals surface area contributed by atoms with Crippen LogP contribution in [-0.4, -0.2) is 92.5 Å². The molecule has 1 aliphatic rings. The predicted molar refractivity (Wildman–Crippen MR) is 128 cm³/mol. The average Bonchev–Trinajstić information content (AvgIpc) is 2.73. The Morgan fingerprint density at radius 3 is 2.24 bits per heavy atom. The molecular weight excluding hydrogens is 444 g/mol. The van der Waals surface area contributed by atoms with Crippen molar-refractivity contribution >= 4 is 22.0 Å². The van der Waals surface area contributed by atoms with Gasteiger partial charge in [-0.15, -0.1) is 0 Å². The number of carbonyl (C=O) groups excluding carboxylic acids is 2. The Morgan fingerprint density at radius 2 is 1.70 bits per heavy atom. The van der Waals surface area contributed by atoms with Crippen molar-refractivity contribution in [3.63, 3.8) is 0 Å². The molecular formula is C23H38N4O5S. The standard InChI is InChI=1S/C23H38N4O5S/c1-7-27(8-2)33(30,31)20-17-19(10-9-18(20)3)21(28)24-11-12-25-13-15-26(16-14-25)22(29)32-23(4,5)6/h9-10,17H,7-8,11-16H2,1-6H3,(H,24,28). The number of amides is 2. The molecule has 0 radical (unpaired) electrons. The maximum absolute atomic E-state index is 12.9. The number of hydrogen-bond donors (Lipinski definition) is 1. The van der Waals surface area contributed by atoms with Gasteiger partial charge in [-0.3, -0.25) is 9.69 Å². The highest BCUT2D eigenvalue weighted by Crippen LogP contribution is 2.21. The summed E-state index contributed by atoms with van der Waals surface area (Å²) in [5.74, 6) is -0.307. The Bertz CT molecular complexity index is 931. The van der Waals surface area contributed by atoms with Crippen LogP contribution in [0, 0.1) is 6.92 Å². The van der Waals surface area contributed by atoms with E-state index in [1.807, 2.05) is 20.8 Å². The first kappa shape index (κ1) is 27.1. The smallest absolute Gasteiger partial charge is 0.410 e. The molecule has 1 aromatic rings. The molecule has 9 nitrogen and oxygen atoms in total. The van der Waals surface area contributed by atoms with Crippen LogP contribution >= 0.6 is 0 Å². The summed E-state index contributed by atoms with van der Waals surface area (Å²) < 4.78 is 32.6. The van der Waals surface area contributed by atoms with Crippen LogP contribution in [0.1, 0.15) is 50.5 Å². The van der Waals surface area contributed by atoms with Crippen LogP contribution in [0.3, 0.4) is 0 Å². The molecule has 0 atom stereocenters. The molecule has 2 amide bonds. The van der Waals surface area contributed by atoms with E-state index in [4.69, 9.17) is 4.74 Å². The molecule has 0 saturated carbocycles. The van der Waals surface area contributed by atoms with Gasteiger partial charge in [0.05, 0.1) is 4.90 Å². The number of aryl methyl sites for hydroxylation is 1. The zero-order valence-corrected chi connectivity index (χ0v) is 21.5. The first-order valence-electron chi connectivity index (χ1n) is 11.5. The summed E-state index contributed by atoms with van der Waals surface area (Å²) in [5, 5.41) is 2.87. The first-order valence-corrected chi connectivity index (χ1v) is 12.9. The molecule has 2 rings (SSSR count). The van der Waals surface area contributed by atoms with Crippen molar-refractivity contribution in [1.29, 1.82) is 0 Å². The average molecular weight is 483 g/mol. The van der Waals surface area contributed by atoms with E-state index in [1.165, 1.54) is 10.4 Å². The van der Waals surface area contributed by atoms with E-state index in [9.17, 15) is 18.0 Å². The van der Waals surface area contributed by atoms with Crippen molar-refractivity contribution in [2.45, 2.75) is 52.0 Å². The molecule has 186 valence electrons. The van der Waals surface area contributed by atoms with Crippen LogP contribution in [0.5, 0.6) is 0 Å². The van der Waals surface area contributed by atoms with Gasteiger partial charge in [-0.25, -0.2) is 13.2 Å². The van der Waals surface area contributed by atoms with E-state index in [-0.39, 0.29) is 16.9 Å². The molecule has 1 heterocycles. The second kappa shape index (κ2) is 11.3. The van der Waals surface area contributed by atoms with Gasteiger partial charge >= 0.3 is 6.09 Å². The molecule has 1 saturated heterocycles. The lowest BCUT2D eigenvalue weighted by atomic mass is 10.1. The highest BCUT2D eigenvalue weighted by atomic mass is 32.2. The van der Waals surface area contributed by atoms with Gasteiger partial charge in [0.1, 0.15) is 5.60 Å². The molecule has 0 aromatic heterocycles. The third-order valence-electron chi connectivity index (χ3n) is 5.51. The molecule has 10 heteroatoms. The van der Waals surface area contributed by atoms with Gasteiger partial charge < -0.3 is 15.0 Å². The number of nitrogens with zero attached hydrogens (tertiary/aromatic N) is 3. The zero-order valence-electron chi connectivity index (χ0n) is 20.7. The fourth-order valence-corrected chi connectivity index (χ4v) is 5.34. The summed E-state index contributed by atoms with van der Waals surface area (Å²) in [6.07, 6.45) is -0.301. The molecule has 1 fully saturated rings. The van der Waals surface area contributed by atoms with Gasteiger partial charge in [0.2, 0.25) is 10.0 Å². The van der Waals surface area contributed by atoms with Crippen molar-refractivity contribution in [3.05, 3.63) is 29.3 Å². The minimum atomic E-state index is -3.65. The van der Waals surface area contributed by atoms with Gasteiger partial charge in [-0.05, 0) is 45.4 Å². The number of piperazine rings is 1. The van der Waals surface area contributed by atoms with Crippen LogP contribution in [0.4, 0.5) is 4.79 Å². The number of carbonyl (C=O) groups is 2. The number of benzene rings is 1. The van der Waals surface area contributed by atoms with Crippen molar-refractivity contribution in [3.8, 4) is 0 Å². The summed E-state index contributed by atoms with van der Waals surface area (Å²) >= 11 is 0. The monoisotopic (exact) mass is 482 g/mol. The fourth-order valence-electron chi connectivity index (χ4n) is 3.63. The first-order chi connectivity index (χ1) is 15.4. The quantitative estimate of drug-likeness (QED) is 0.610. The summed E-state index contributed by atoms with van der Waals surface area (Å²) in [7, 11) is -3.65. The fraction of sp³-hybridized carbons (Fsp3) is 0.652. The lowest BCUT2D eigenvalue weighted by Gasteiger charge is -2.35. The second-order valence-electron chi connectivity index (χ2n) is 9.13. The number of nitrogens with one attached hydrogen (secondary N) is 1. The SMILES string of the molecule is CCN(CC)S(=O)(=O)c1cc(C(=O)NCCN2CCN(C(=O)OC(C)(C)C)CC2)ccc1C. The van der Waals surface area contributed by atoms with Crippen molar-refractivity contribution in [2.75, 3.05) is 52.4 Å². The van der Waals surface area contributed by atoms with Crippen molar-refractivity contribution in [1.82, 2.24) is 19.4 Å². The van der Waals surface area contributed by atoms with E-state index in [2.05, 4.69) is 10.2 Å². The molecule has 0 bridgehead atoms. The topological polar surface area (TPSA) is 99.3 Å². The van der Waals surface area contributed by atoms with Crippen LogP contribution in [0.2, 0.25) is 0 Å². The predicted octanol–water partition coefficient (Wildman–Crippen LogP) is 2.31. The molecule has 0 aliphatic carbocycles. The van der Waals surface area contributed by atoms with Gasteiger partial charge in [-0.2, -0.15) is 4.31 Å². The van der Waals surface area contributed by atoms with Gasteiger partial charge in [0, 0.05) is 57.9 Å². The summed E-state index contributed by atoms with van der Waals surface area (Å²) in [6, 6.07) is 4.77. The maximum Gasteiger partial charge on any atom is 0.410 e. The van der Waals surface area contributed by atoms with Gasteiger partial charge in [-0.1, -0.05) is 19.9 Å². The van der Waals surface area contributed by atoms with Crippen LogP contribution < -0.4 is 5.32 Å². The maximum atomic E-state index is 12.9. The molecule has 0 spiro atoms. The Kier molecular flexibility index (Phi) is 9.28. The van der Waals surface area contributed by atoms with E-state index in [1.54, 1.807) is 37.8 Å². The summed E-state index contributed by atoms with van der Waals surface area (Å²) in [5.41, 5.74) is 0.418. The van der Waals surface area contributed by atoms with Gasteiger partial charge in [0.25, 0.3) is 5.91 Å². The highest BCUT2D eigenvalue weighted by molar-refractivity contribution is 7.89. The van der Waals surface area contributed by atoms with E-state index >= 15 is 0 Å². The van der Waals surface area contributed by atoms with Crippen molar-refractivity contribution < 1.29 is 22.7 Å². The molecule has 1 aromatic carbocycles. The zero-order chi connectivity index (χ0) is 24.8. The largest absolute Gasteiger partial charge is 0.444 e. The molecule has 33 heavy (non-hydrogen) atoms. The van der Waals surface area contributed by atoms with E-state index < -0.39 is 15.6 Å². The Hall–Kier alpha value is -2.17. The third-order valence-corrected chi connectivity index (χ3v) is 7.70. The van der Waals surface area contributed by atoms with Crippen LogP contribution in [0.15, 0.2) is 23.1 Å². The van der Waals surface area contributed by atoms with E-state index in [0.717, 1.165) is 0 Å². The Balaban J connectivity index is 1.89. The van der Waals surface area contributed by atoms with Crippen LogP contribution in [-0.2, 0) is 14.8 Å². The number of rotatable bonds is 8. The Labute approximate surface area is 198 Å². The third kappa shape index (κ3) is 7.41. The lowest BCUT2D eigenvalue weighted by Crippen LogP contribution is -2.51. The minimum absolute atomic E-state index is 0.164. The number of sulfonamides is 1. The molecule has 0 unspecified atom stereocenters. The summed E-state index contributed by atoms with van der Waals surface area (Å²) in [4.78, 5) is 28.9. The van der Waals surface area contributed by atoms with Crippen molar-refractivity contribution in [2.24, 2.45) is 0 Å². The number of ether oxygens (including phenoxy) is 1. The normalized spacial score (nSPS) is 15.5. The summed E-state index contributed by atoms with van der Waals surface area (Å²) in [6.45, 7) is 15.2. The Morgan fingerprint density at radius 1 is 1.09 bits per heavy atom.